The van der Waals surface area contributed by atoms with Crippen LogP contribution >= 0.6 is 0 Å². The Labute approximate surface area is 236 Å². The van der Waals surface area contributed by atoms with Gasteiger partial charge in [0, 0.05) is 17.2 Å². The number of hydrogen-bond donors (Lipinski definition) is 2. The number of rotatable bonds is 7. The zero-order chi connectivity index (χ0) is 28.3. The molecule has 1 unspecified atom stereocenters. The van der Waals surface area contributed by atoms with E-state index in [4.69, 9.17) is 9.72 Å². The number of carbonyl (C=O) groups excluding carboxylic acids is 1. The van der Waals surface area contributed by atoms with Crippen LogP contribution in [0.15, 0.2) is 72.8 Å². The molecule has 0 aliphatic heterocycles. The molecule has 2 aliphatic rings. The zero-order valence-electron chi connectivity index (χ0n) is 23.5. The molecule has 3 aromatic rings. The molecule has 0 radical (unpaired) electrons. The third kappa shape index (κ3) is 6.27. The van der Waals surface area contributed by atoms with Crippen LogP contribution in [0.25, 0.3) is 10.8 Å². The molecule has 0 saturated heterocycles. The molecule has 6 nitrogen and oxygen atoms in total. The highest BCUT2D eigenvalue weighted by Crippen LogP contribution is 2.37. The predicted molar refractivity (Wildman–Crippen MR) is 158 cm³/mol. The van der Waals surface area contributed by atoms with Gasteiger partial charge >= 0.3 is 5.97 Å². The molecule has 2 aliphatic carbocycles. The molecule has 40 heavy (non-hydrogen) atoms. The van der Waals surface area contributed by atoms with Gasteiger partial charge in [-0.15, -0.1) is 0 Å². The van der Waals surface area contributed by atoms with Gasteiger partial charge in [0.15, 0.2) is 0 Å². The van der Waals surface area contributed by atoms with E-state index >= 15 is 0 Å². The van der Waals surface area contributed by atoms with Gasteiger partial charge in [0.05, 0.1) is 5.69 Å². The van der Waals surface area contributed by atoms with Crippen molar-refractivity contribution in [3.63, 3.8) is 0 Å². The van der Waals surface area contributed by atoms with Gasteiger partial charge in [-0.05, 0) is 66.0 Å². The minimum absolute atomic E-state index is 0.0701. The number of nitrogens with one attached hydrogen (secondary N) is 1. The van der Waals surface area contributed by atoms with Crippen LogP contribution in [0.5, 0.6) is 11.5 Å². The number of allylic oxidation sites excluding steroid dienone is 3. The van der Waals surface area contributed by atoms with Gasteiger partial charge in [-0.2, -0.15) is 0 Å². The highest BCUT2D eigenvalue weighted by atomic mass is 16.5. The van der Waals surface area contributed by atoms with Crippen molar-refractivity contribution in [1.82, 2.24) is 10.3 Å². The van der Waals surface area contributed by atoms with Gasteiger partial charge in [0.1, 0.15) is 23.2 Å². The summed E-state index contributed by atoms with van der Waals surface area (Å²) in [5, 5.41) is 14.5. The van der Waals surface area contributed by atoms with E-state index in [1.54, 1.807) is 6.07 Å². The first-order chi connectivity index (χ1) is 19.2. The van der Waals surface area contributed by atoms with Gasteiger partial charge < -0.3 is 15.2 Å². The summed E-state index contributed by atoms with van der Waals surface area (Å²) in [6, 6.07) is 14.8. The SMILES string of the molecule is CC(C)(C)c1ccc(Oc2ccc3cc(C(=O)N[C@H](C(=O)O)C4C=CC=CC4)nc(C4CCCCC4)c3c2)cc1. The third-order valence-electron chi connectivity index (χ3n) is 8.01. The number of aliphatic carboxylic acids is 1. The lowest BCUT2D eigenvalue weighted by Crippen LogP contribution is -2.45. The normalized spacial score (nSPS) is 18.4. The fraction of sp³-hybridized carbons (Fsp3) is 0.382. The summed E-state index contributed by atoms with van der Waals surface area (Å²) in [5.41, 5.74) is 2.46. The molecule has 1 saturated carbocycles. The number of hydrogen-bond acceptors (Lipinski definition) is 4. The van der Waals surface area contributed by atoms with Gasteiger partial charge in [-0.1, -0.05) is 82.5 Å². The van der Waals surface area contributed by atoms with E-state index in [9.17, 15) is 14.7 Å². The molecular weight excluding hydrogens is 500 g/mol. The highest BCUT2D eigenvalue weighted by molar-refractivity contribution is 5.99. The number of aromatic nitrogens is 1. The fourth-order valence-corrected chi connectivity index (χ4v) is 5.69. The van der Waals surface area contributed by atoms with Crippen molar-refractivity contribution in [1.29, 1.82) is 0 Å². The quantitative estimate of drug-likeness (QED) is 0.322. The van der Waals surface area contributed by atoms with Gasteiger partial charge in [-0.25, -0.2) is 9.78 Å². The van der Waals surface area contributed by atoms with E-state index in [2.05, 4.69) is 38.2 Å². The molecule has 2 aromatic carbocycles. The zero-order valence-corrected chi connectivity index (χ0v) is 23.5. The van der Waals surface area contributed by atoms with Crippen molar-refractivity contribution in [2.75, 3.05) is 0 Å². The smallest absolute Gasteiger partial charge is 0.326 e. The van der Waals surface area contributed by atoms with Crippen molar-refractivity contribution >= 4 is 22.6 Å². The van der Waals surface area contributed by atoms with Crippen LogP contribution in [-0.2, 0) is 10.2 Å². The summed E-state index contributed by atoms with van der Waals surface area (Å²) in [4.78, 5) is 30.3. The van der Waals surface area contributed by atoms with Crippen LogP contribution in [0.2, 0.25) is 0 Å². The van der Waals surface area contributed by atoms with E-state index in [0.29, 0.717) is 6.42 Å². The minimum Gasteiger partial charge on any atom is -0.480 e. The molecule has 1 aromatic heterocycles. The highest BCUT2D eigenvalue weighted by Gasteiger charge is 2.29. The number of carboxylic acids is 1. The Morgan fingerprint density at radius 2 is 1.70 bits per heavy atom. The maximum atomic E-state index is 13.4. The number of carboxylic acid groups (broad SMARTS) is 1. The van der Waals surface area contributed by atoms with E-state index in [0.717, 1.165) is 53.6 Å². The summed E-state index contributed by atoms with van der Waals surface area (Å²) in [7, 11) is 0. The Morgan fingerprint density at radius 1 is 0.975 bits per heavy atom. The van der Waals surface area contributed by atoms with E-state index in [1.165, 1.54) is 12.0 Å². The van der Waals surface area contributed by atoms with Crippen molar-refractivity contribution in [2.24, 2.45) is 5.92 Å². The van der Waals surface area contributed by atoms with E-state index < -0.39 is 17.9 Å². The van der Waals surface area contributed by atoms with E-state index in [-0.39, 0.29) is 22.9 Å². The van der Waals surface area contributed by atoms with Crippen molar-refractivity contribution in [3.8, 4) is 11.5 Å². The van der Waals surface area contributed by atoms with Crippen LogP contribution in [0.1, 0.15) is 87.0 Å². The first kappa shape index (κ1) is 27.6. The molecule has 1 fully saturated rings. The second kappa shape index (κ2) is 11.7. The molecule has 5 rings (SSSR count). The summed E-state index contributed by atoms with van der Waals surface area (Å²) < 4.78 is 6.24. The van der Waals surface area contributed by atoms with Crippen molar-refractivity contribution in [2.45, 2.75) is 76.7 Å². The maximum absolute atomic E-state index is 13.4. The van der Waals surface area contributed by atoms with Crippen molar-refractivity contribution in [3.05, 3.63) is 89.8 Å². The Bertz CT molecular complexity index is 1440. The van der Waals surface area contributed by atoms with Gasteiger partial charge in [0.25, 0.3) is 5.91 Å². The largest absolute Gasteiger partial charge is 0.480 e. The Kier molecular flexibility index (Phi) is 8.06. The first-order valence-electron chi connectivity index (χ1n) is 14.3. The van der Waals surface area contributed by atoms with Crippen LogP contribution < -0.4 is 10.1 Å². The van der Waals surface area contributed by atoms with Gasteiger partial charge in [-0.3, -0.25) is 4.79 Å². The fourth-order valence-electron chi connectivity index (χ4n) is 5.69. The molecular formula is C34H38N2O4. The summed E-state index contributed by atoms with van der Waals surface area (Å²) in [6.07, 6.45) is 13.5. The second-order valence-corrected chi connectivity index (χ2v) is 12.0. The standard InChI is InChI=1S/C34H38N2O4/c1-34(2,3)25-15-18-26(19-16-25)40-27-17-14-24-20-29(35-30(28(24)21-27)22-10-6-4-7-11-22)32(37)36-31(33(38)39)23-12-8-5-9-13-23/h5,8-9,12,14-23,31H,4,6-7,10-11,13H2,1-3H3,(H,36,37)(H,38,39)/t23?,31-/m0/s1. The maximum Gasteiger partial charge on any atom is 0.326 e. The summed E-state index contributed by atoms with van der Waals surface area (Å²) in [5.74, 6) is -0.0941. The number of carbonyl (C=O) groups is 2. The van der Waals surface area contributed by atoms with Crippen LogP contribution in [0.3, 0.4) is 0 Å². The number of benzene rings is 2. The van der Waals surface area contributed by atoms with Crippen LogP contribution in [-0.4, -0.2) is 28.0 Å². The average molecular weight is 539 g/mol. The number of amides is 1. The van der Waals surface area contributed by atoms with Crippen LogP contribution in [0, 0.1) is 5.92 Å². The minimum atomic E-state index is -1.05. The molecule has 0 spiro atoms. The topological polar surface area (TPSA) is 88.5 Å². The molecule has 2 atom stereocenters. The van der Waals surface area contributed by atoms with Crippen LogP contribution in [0.4, 0.5) is 0 Å². The lowest BCUT2D eigenvalue weighted by atomic mass is 9.84. The Morgan fingerprint density at radius 3 is 2.35 bits per heavy atom. The summed E-state index contributed by atoms with van der Waals surface area (Å²) >= 11 is 0. The molecule has 1 heterocycles. The molecule has 6 heteroatoms. The molecule has 208 valence electrons. The summed E-state index contributed by atoms with van der Waals surface area (Å²) in [6.45, 7) is 6.56. The number of pyridine rings is 1. The van der Waals surface area contributed by atoms with E-state index in [1.807, 2.05) is 54.6 Å². The lowest BCUT2D eigenvalue weighted by Gasteiger charge is -2.24. The lowest BCUT2D eigenvalue weighted by molar-refractivity contribution is -0.140. The Balaban J connectivity index is 1.46. The third-order valence-corrected chi connectivity index (χ3v) is 8.01. The molecule has 1 amide bonds. The van der Waals surface area contributed by atoms with Gasteiger partial charge in [0.2, 0.25) is 0 Å². The number of fused-ring (bicyclic) bond motifs is 1. The monoisotopic (exact) mass is 538 g/mol. The molecule has 0 bridgehead atoms. The predicted octanol–water partition coefficient (Wildman–Crippen LogP) is 7.69. The molecule has 2 N–H and O–H groups in total. The Hall–Kier alpha value is -3.93. The first-order valence-corrected chi connectivity index (χ1v) is 14.3. The number of ether oxygens (including phenoxy) is 1. The van der Waals surface area contributed by atoms with Crippen molar-refractivity contribution < 1.29 is 19.4 Å². The average Bonchev–Trinajstić information content (AvgIpc) is 2.96. The number of nitrogens with zero attached hydrogens (tertiary/aromatic N) is 1. The second-order valence-electron chi connectivity index (χ2n) is 12.0.